The normalized spacial score (nSPS) is 27.6. The molecular weight excluding hydrogens is 276 g/mol. The standard InChI is InChI=1S/C13H24N4O2S/c1-3-11-4-6-13(9-14,7-5-11)16-20(18,19)12-8-17(2)10-15-12/h8,10-11,16H,3-7,9,14H2,1-2H3. The fraction of sp³-hybridized carbons (Fsp3) is 0.769. The second kappa shape index (κ2) is 5.83. The third kappa shape index (κ3) is 3.21. The lowest BCUT2D eigenvalue weighted by Gasteiger charge is -2.39. The molecule has 0 radical (unpaired) electrons. The smallest absolute Gasteiger partial charge is 0.260 e. The fourth-order valence-corrected chi connectivity index (χ4v) is 4.30. The number of nitrogens with two attached hydrogens (primary N) is 1. The molecule has 1 aromatic rings. The maximum absolute atomic E-state index is 12.4. The van der Waals surface area contributed by atoms with Gasteiger partial charge in [0, 0.05) is 25.3 Å². The maximum atomic E-state index is 12.4. The van der Waals surface area contributed by atoms with Crippen molar-refractivity contribution in [2.75, 3.05) is 6.54 Å². The molecule has 6 nitrogen and oxygen atoms in total. The van der Waals surface area contributed by atoms with Crippen molar-refractivity contribution >= 4 is 10.0 Å². The molecule has 0 aliphatic heterocycles. The van der Waals surface area contributed by atoms with Crippen LogP contribution in [0.5, 0.6) is 0 Å². The molecule has 3 N–H and O–H groups in total. The van der Waals surface area contributed by atoms with Gasteiger partial charge in [-0.15, -0.1) is 0 Å². The molecule has 0 saturated heterocycles. The Hall–Kier alpha value is -0.920. The second-order valence-corrected chi connectivity index (χ2v) is 7.45. The molecule has 0 atom stereocenters. The third-order valence-electron chi connectivity index (χ3n) is 4.34. The number of rotatable bonds is 5. The summed E-state index contributed by atoms with van der Waals surface area (Å²) >= 11 is 0. The van der Waals surface area contributed by atoms with Crippen LogP contribution in [0.4, 0.5) is 0 Å². The van der Waals surface area contributed by atoms with Gasteiger partial charge in [0.05, 0.1) is 6.33 Å². The van der Waals surface area contributed by atoms with E-state index < -0.39 is 15.6 Å². The van der Waals surface area contributed by atoms with E-state index in [4.69, 9.17) is 5.73 Å². The van der Waals surface area contributed by atoms with E-state index in [0.29, 0.717) is 12.5 Å². The zero-order chi connectivity index (χ0) is 14.8. The number of aryl methyl sites for hydroxylation is 1. The molecule has 1 aliphatic carbocycles. The number of sulfonamides is 1. The van der Waals surface area contributed by atoms with E-state index >= 15 is 0 Å². The molecule has 7 heteroatoms. The summed E-state index contributed by atoms with van der Waals surface area (Å²) in [4.78, 5) is 3.92. The zero-order valence-corrected chi connectivity index (χ0v) is 13.0. The minimum absolute atomic E-state index is 0.0606. The predicted molar refractivity (Wildman–Crippen MR) is 77.6 cm³/mol. The van der Waals surface area contributed by atoms with E-state index in [1.165, 1.54) is 12.5 Å². The van der Waals surface area contributed by atoms with E-state index in [9.17, 15) is 8.42 Å². The summed E-state index contributed by atoms with van der Waals surface area (Å²) in [6.07, 6.45) is 7.79. The van der Waals surface area contributed by atoms with Crippen molar-refractivity contribution in [1.82, 2.24) is 14.3 Å². The lowest BCUT2D eigenvalue weighted by atomic mass is 9.76. The van der Waals surface area contributed by atoms with Crippen LogP contribution in [-0.2, 0) is 17.1 Å². The maximum Gasteiger partial charge on any atom is 0.260 e. The molecule has 0 unspecified atom stereocenters. The van der Waals surface area contributed by atoms with E-state index in [-0.39, 0.29) is 5.03 Å². The Morgan fingerprint density at radius 3 is 2.60 bits per heavy atom. The van der Waals surface area contributed by atoms with Crippen LogP contribution in [0.2, 0.25) is 0 Å². The first-order valence-corrected chi connectivity index (χ1v) is 8.61. The quantitative estimate of drug-likeness (QED) is 0.848. The van der Waals surface area contributed by atoms with Crippen LogP contribution in [0.15, 0.2) is 17.6 Å². The molecule has 20 heavy (non-hydrogen) atoms. The number of nitrogens with zero attached hydrogens (tertiary/aromatic N) is 2. The average Bonchev–Trinajstić information content (AvgIpc) is 2.87. The molecule has 2 rings (SSSR count). The van der Waals surface area contributed by atoms with Gasteiger partial charge in [-0.1, -0.05) is 13.3 Å². The first-order chi connectivity index (χ1) is 9.41. The van der Waals surface area contributed by atoms with Crippen molar-refractivity contribution in [2.45, 2.75) is 49.6 Å². The molecule has 1 heterocycles. The Bertz CT molecular complexity index is 544. The summed E-state index contributed by atoms with van der Waals surface area (Å²) in [7, 11) is -1.85. The van der Waals surface area contributed by atoms with Crippen LogP contribution in [0.1, 0.15) is 39.0 Å². The molecular formula is C13H24N4O2S. The SMILES string of the molecule is CCC1CCC(CN)(NS(=O)(=O)c2cn(C)cn2)CC1. The minimum Gasteiger partial charge on any atom is -0.339 e. The summed E-state index contributed by atoms with van der Waals surface area (Å²) in [5.74, 6) is 0.689. The summed E-state index contributed by atoms with van der Waals surface area (Å²) in [5.41, 5.74) is 5.35. The van der Waals surface area contributed by atoms with E-state index in [1.54, 1.807) is 11.6 Å². The van der Waals surface area contributed by atoms with Crippen molar-refractivity contribution in [3.05, 3.63) is 12.5 Å². The molecule has 1 fully saturated rings. The van der Waals surface area contributed by atoms with Crippen molar-refractivity contribution in [3.63, 3.8) is 0 Å². The molecule has 0 spiro atoms. The second-order valence-electron chi connectivity index (χ2n) is 5.82. The van der Waals surface area contributed by atoms with Crippen molar-refractivity contribution in [2.24, 2.45) is 18.7 Å². The highest BCUT2D eigenvalue weighted by Gasteiger charge is 2.38. The van der Waals surface area contributed by atoms with Gasteiger partial charge < -0.3 is 10.3 Å². The number of imidazole rings is 1. The van der Waals surface area contributed by atoms with Gasteiger partial charge in [-0.05, 0) is 31.6 Å². The van der Waals surface area contributed by atoms with Gasteiger partial charge in [0.2, 0.25) is 0 Å². The van der Waals surface area contributed by atoms with Gasteiger partial charge in [-0.3, -0.25) is 0 Å². The molecule has 114 valence electrons. The molecule has 1 aromatic heterocycles. The van der Waals surface area contributed by atoms with Gasteiger partial charge in [0.25, 0.3) is 10.0 Å². The highest BCUT2D eigenvalue weighted by molar-refractivity contribution is 7.89. The number of aromatic nitrogens is 2. The monoisotopic (exact) mass is 300 g/mol. The predicted octanol–water partition coefficient (Wildman–Crippen LogP) is 0.996. The van der Waals surface area contributed by atoms with Crippen LogP contribution < -0.4 is 10.5 Å². The topological polar surface area (TPSA) is 90.0 Å². The van der Waals surface area contributed by atoms with E-state index in [0.717, 1.165) is 32.1 Å². The highest BCUT2D eigenvalue weighted by Crippen LogP contribution is 2.34. The van der Waals surface area contributed by atoms with Crippen LogP contribution in [0.25, 0.3) is 0 Å². The first-order valence-electron chi connectivity index (χ1n) is 7.13. The number of nitrogens with one attached hydrogen (secondary N) is 1. The third-order valence-corrected chi connectivity index (χ3v) is 5.80. The van der Waals surface area contributed by atoms with Crippen molar-refractivity contribution in [1.29, 1.82) is 0 Å². The fourth-order valence-electron chi connectivity index (χ4n) is 2.85. The number of hydrogen-bond acceptors (Lipinski definition) is 4. The molecule has 0 aromatic carbocycles. The Morgan fingerprint density at radius 2 is 2.15 bits per heavy atom. The highest BCUT2D eigenvalue weighted by atomic mass is 32.2. The zero-order valence-electron chi connectivity index (χ0n) is 12.2. The van der Waals surface area contributed by atoms with Crippen LogP contribution in [0, 0.1) is 5.92 Å². The molecule has 0 bridgehead atoms. The number of hydrogen-bond donors (Lipinski definition) is 2. The van der Waals surface area contributed by atoms with Crippen LogP contribution in [0.3, 0.4) is 0 Å². The van der Waals surface area contributed by atoms with Gasteiger partial charge in [0.1, 0.15) is 0 Å². The van der Waals surface area contributed by atoms with E-state index in [1.807, 2.05) is 0 Å². The van der Waals surface area contributed by atoms with Crippen LogP contribution in [-0.4, -0.2) is 30.1 Å². The Labute approximate surface area is 120 Å². The van der Waals surface area contributed by atoms with Gasteiger partial charge in [0.15, 0.2) is 5.03 Å². The lowest BCUT2D eigenvalue weighted by molar-refractivity contribution is 0.217. The summed E-state index contributed by atoms with van der Waals surface area (Å²) in [6.45, 7) is 2.51. The summed E-state index contributed by atoms with van der Waals surface area (Å²) < 4.78 is 29.2. The van der Waals surface area contributed by atoms with E-state index in [2.05, 4.69) is 16.6 Å². The Balaban J connectivity index is 2.14. The Morgan fingerprint density at radius 1 is 1.50 bits per heavy atom. The largest absolute Gasteiger partial charge is 0.339 e. The first kappa shape index (κ1) is 15.5. The minimum atomic E-state index is -3.60. The molecule has 1 saturated carbocycles. The van der Waals surface area contributed by atoms with Gasteiger partial charge in [-0.2, -0.15) is 0 Å². The summed E-state index contributed by atoms with van der Waals surface area (Å²) in [6, 6.07) is 0. The molecule has 0 amide bonds. The van der Waals surface area contributed by atoms with Gasteiger partial charge in [-0.25, -0.2) is 18.1 Å². The van der Waals surface area contributed by atoms with Crippen LogP contribution >= 0.6 is 0 Å². The Kier molecular flexibility index (Phi) is 4.51. The van der Waals surface area contributed by atoms with Gasteiger partial charge >= 0.3 is 0 Å². The van der Waals surface area contributed by atoms with Crippen molar-refractivity contribution in [3.8, 4) is 0 Å². The lowest BCUT2D eigenvalue weighted by Crippen LogP contribution is -2.55. The summed E-state index contributed by atoms with van der Waals surface area (Å²) in [5, 5.41) is 0.0606. The molecule has 1 aliphatic rings. The average molecular weight is 300 g/mol. The van der Waals surface area contributed by atoms with Crippen molar-refractivity contribution < 1.29 is 8.42 Å².